The summed E-state index contributed by atoms with van der Waals surface area (Å²) >= 11 is 0. The van der Waals surface area contributed by atoms with E-state index in [-0.39, 0.29) is 24.1 Å². The summed E-state index contributed by atoms with van der Waals surface area (Å²) in [7, 11) is 0. The van der Waals surface area contributed by atoms with Gasteiger partial charge in [-0.1, -0.05) is 30.3 Å². The SMILES string of the molecule is CC(C)(C(=O)N1CCN(C(=O)CCc2ncc(-c3ccc(F)cc3)o2)CC1)c1ccccc1. The normalized spacial score (nSPS) is 14.4. The summed E-state index contributed by atoms with van der Waals surface area (Å²) < 4.78 is 18.8. The Kier molecular flexibility index (Phi) is 6.58. The van der Waals surface area contributed by atoms with Crippen molar-refractivity contribution in [1.82, 2.24) is 14.8 Å². The molecule has 33 heavy (non-hydrogen) atoms. The van der Waals surface area contributed by atoms with Crippen molar-refractivity contribution >= 4 is 11.8 Å². The van der Waals surface area contributed by atoms with Gasteiger partial charge < -0.3 is 14.2 Å². The first kappa shape index (κ1) is 22.7. The van der Waals surface area contributed by atoms with E-state index in [4.69, 9.17) is 4.42 Å². The van der Waals surface area contributed by atoms with Gasteiger partial charge in [0.2, 0.25) is 11.8 Å². The topological polar surface area (TPSA) is 66.7 Å². The van der Waals surface area contributed by atoms with Gasteiger partial charge in [0.15, 0.2) is 11.7 Å². The third kappa shape index (κ3) is 5.13. The molecule has 4 rings (SSSR count). The molecule has 2 amide bonds. The zero-order valence-electron chi connectivity index (χ0n) is 19.0. The van der Waals surface area contributed by atoms with E-state index in [1.165, 1.54) is 12.1 Å². The van der Waals surface area contributed by atoms with Gasteiger partial charge in [0, 0.05) is 44.6 Å². The lowest BCUT2D eigenvalue weighted by molar-refractivity contribution is -0.142. The fourth-order valence-electron chi connectivity index (χ4n) is 4.08. The van der Waals surface area contributed by atoms with Crippen LogP contribution in [0.2, 0.25) is 0 Å². The Balaban J connectivity index is 1.28. The predicted octanol–water partition coefficient (Wildman–Crippen LogP) is 4.06. The van der Waals surface area contributed by atoms with Crippen LogP contribution in [0.3, 0.4) is 0 Å². The average Bonchev–Trinajstić information content (AvgIpc) is 3.32. The first-order chi connectivity index (χ1) is 15.8. The Morgan fingerprint density at radius 1 is 0.970 bits per heavy atom. The van der Waals surface area contributed by atoms with Crippen molar-refractivity contribution in [3.63, 3.8) is 0 Å². The molecule has 3 aromatic rings. The van der Waals surface area contributed by atoms with Crippen LogP contribution in [0.5, 0.6) is 0 Å². The van der Waals surface area contributed by atoms with Crippen molar-refractivity contribution in [2.75, 3.05) is 26.2 Å². The van der Waals surface area contributed by atoms with Crippen LogP contribution in [0.15, 0.2) is 65.2 Å². The molecule has 0 saturated carbocycles. The number of piperazine rings is 1. The summed E-state index contributed by atoms with van der Waals surface area (Å²) in [6.45, 7) is 5.96. The number of carbonyl (C=O) groups is 2. The highest BCUT2D eigenvalue weighted by Gasteiger charge is 2.35. The van der Waals surface area contributed by atoms with Gasteiger partial charge in [-0.05, 0) is 43.7 Å². The van der Waals surface area contributed by atoms with Gasteiger partial charge in [-0.2, -0.15) is 0 Å². The molecule has 0 bridgehead atoms. The fraction of sp³-hybridized carbons (Fsp3) is 0.346. The zero-order chi connectivity index (χ0) is 23.4. The molecule has 2 heterocycles. The van der Waals surface area contributed by atoms with Crippen LogP contribution in [0.4, 0.5) is 4.39 Å². The summed E-state index contributed by atoms with van der Waals surface area (Å²) in [5.41, 5.74) is 1.11. The number of hydrogen-bond acceptors (Lipinski definition) is 4. The second-order valence-electron chi connectivity index (χ2n) is 8.79. The highest BCUT2D eigenvalue weighted by Crippen LogP contribution is 2.26. The first-order valence-corrected chi connectivity index (χ1v) is 11.2. The fourth-order valence-corrected chi connectivity index (χ4v) is 4.08. The summed E-state index contributed by atoms with van der Waals surface area (Å²) in [5.74, 6) is 0.807. The van der Waals surface area contributed by atoms with Crippen LogP contribution in [0.25, 0.3) is 11.3 Å². The number of hydrogen-bond donors (Lipinski definition) is 0. The van der Waals surface area contributed by atoms with Gasteiger partial charge in [-0.25, -0.2) is 9.37 Å². The molecule has 1 aliphatic heterocycles. The zero-order valence-corrected chi connectivity index (χ0v) is 19.0. The number of aromatic nitrogens is 1. The number of halogens is 1. The van der Waals surface area contributed by atoms with Crippen LogP contribution in [-0.4, -0.2) is 52.8 Å². The summed E-state index contributed by atoms with van der Waals surface area (Å²) in [4.78, 5) is 33.7. The Morgan fingerprint density at radius 2 is 1.61 bits per heavy atom. The number of carbonyl (C=O) groups excluding carboxylic acids is 2. The number of oxazole rings is 1. The van der Waals surface area contributed by atoms with Crippen molar-refractivity contribution < 1.29 is 18.4 Å². The lowest BCUT2D eigenvalue weighted by Gasteiger charge is -2.38. The molecule has 7 heteroatoms. The summed E-state index contributed by atoms with van der Waals surface area (Å²) in [5, 5.41) is 0. The van der Waals surface area contributed by atoms with Crippen molar-refractivity contribution in [3.05, 3.63) is 78.1 Å². The smallest absolute Gasteiger partial charge is 0.232 e. The largest absolute Gasteiger partial charge is 0.441 e. The molecule has 172 valence electrons. The van der Waals surface area contributed by atoms with Gasteiger partial charge >= 0.3 is 0 Å². The molecule has 1 saturated heterocycles. The van der Waals surface area contributed by atoms with E-state index in [1.807, 2.05) is 49.1 Å². The minimum absolute atomic E-state index is 0.0194. The Labute approximate surface area is 193 Å². The molecule has 0 radical (unpaired) electrons. The number of amides is 2. The van der Waals surface area contributed by atoms with Crippen LogP contribution >= 0.6 is 0 Å². The third-order valence-electron chi connectivity index (χ3n) is 6.18. The van der Waals surface area contributed by atoms with Crippen LogP contribution in [0.1, 0.15) is 31.7 Å². The second kappa shape index (κ2) is 9.57. The van der Waals surface area contributed by atoms with Crippen molar-refractivity contribution in [1.29, 1.82) is 0 Å². The molecular weight excluding hydrogens is 421 g/mol. The third-order valence-corrected chi connectivity index (χ3v) is 6.18. The van der Waals surface area contributed by atoms with Crippen molar-refractivity contribution in [2.24, 2.45) is 0 Å². The molecule has 6 nitrogen and oxygen atoms in total. The number of rotatable bonds is 6. The van der Waals surface area contributed by atoms with E-state index in [0.717, 1.165) is 11.1 Å². The lowest BCUT2D eigenvalue weighted by Crippen LogP contribution is -2.54. The predicted molar refractivity (Wildman–Crippen MR) is 123 cm³/mol. The van der Waals surface area contributed by atoms with Gasteiger partial charge in [0.05, 0.1) is 11.6 Å². The van der Waals surface area contributed by atoms with Crippen molar-refractivity contribution in [2.45, 2.75) is 32.1 Å². The highest BCUT2D eigenvalue weighted by atomic mass is 19.1. The molecule has 0 aliphatic carbocycles. The molecular formula is C26H28FN3O3. The van der Waals surface area contributed by atoms with Gasteiger partial charge in [0.1, 0.15) is 5.82 Å². The molecule has 1 aliphatic rings. The van der Waals surface area contributed by atoms with E-state index in [0.29, 0.717) is 44.3 Å². The van der Waals surface area contributed by atoms with Crippen LogP contribution < -0.4 is 0 Å². The van der Waals surface area contributed by atoms with Gasteiger partial charge in [0.25, 0.3) is 0 Å². The summed E-state index contributed by atoms with van der Waals surface area (Å²) in [6.07, 6.45) is 2.26. The highest BCUT2D eigenvalue weighted by molar-refractivity contribution is 5.87. The van der Waals surface area contributed by atoms with E-state index < -0.39 is 5.41 Å². The van der Waals surface area contributed by atoms with Gasteiger partial charge in [-0.3, -0.25) is 9.59 Å². The average molecular weight is 450 g/mol. The Morgan fingerprint density at radius 3 is 2.27 bits per heavy atom. The standard InChI is InChI=1S/C26H28FN3O3/c1-26(2,20-6-4-3-5-7-20)25(32)30-16-14-29(15-17-30)24(31)13-12-23-28-18-22(33-23)19-8-10-21(27)11-9-19/h3-11,18H,12-17H2,1-2H3. The number of aryl methyl sites for hydroxylation is 1. The van der Waals surface area contributed by atoms with Crippen molar-refractivity contribution in [3.8, 4) is 11.3 Å². The molecule has 0 atom stereocenters. The molecule has 1 aromatic heterocycles. The number of nitrogens with zero attached hydrogens (tertiary/aromatic N) is 3. The maximum Gasteiger partial charge on any atom is 0.232 e. The van der Waals surface area contributed by atoms with Gasteiger partial charge in [-0.15, -0.1) is 0 Å². The molecule has 1 fully saturated rings. The lowest BCUT2D eigenvalue weighted by atomic mass is 9.83. The van der Waals surface area contributed by atoms with Crippen LogP contribution in [-0.2, 0) is 21.4 Å². The first-order valence-electron chi connectivity index (χ1n) is 11.2. The van der Waals surface area contributed by atoms with E-state index in [2.05, 4.69) is 4.98 Å². The van der Waals surface area contributed by atoms with E-state index in [1.54, 1.807) is 23.2 Å². The maximum absolute atomic E-state index is 13.1. The van der Waals surface area contributed by atoms with E-state index >= 15 is 0 Å². The molecule has 0 N–H and O–H groups in total. The molecule has 2 aromatic carbocycles. The minimum atomic E-state index is -0.610. The summed E-state index contributed by atoms with van der Waals surface area (Å²) in [6, 6.07) is 15.8. The Hall–Kier alpha value is -3.48. The quantitative estimate of drug-likeness (QED) is 0.569. The minimum Gasteiger partial charge on any atom is -0.441 e. The second-order valence-corrected chi connectivity index (χ2v) is 8.79. The molecule has 0 unspecified atom stereocenters. The van der Waals surface area contributed by atoms with Crippen LogP contribution in [0, 0.1) is 5.82 Å². The number of benzene rings is 2. The monoisotopic (exact) mass is 449 g/mol. The Bertz CT molecular complexity index is 1100. The van der Waals surface area contributed by atoms with E-state index in [9.17, 15) is 14.0 Å². The maximum atomic E-state index is 13.1. The molecule has 0 spiro atoms.